The largest absolute Gasteiger partial charge is 0.315 e. The highest BCUT2D eigenvalue weighted by Crippen LogP contribution is 2.16. The summed E-state index contributed by atoms with van der Waals surface area (Å²) in [6.45, 7) is 5.49. The van der Waals surface area contributed by atoms with Gasteiger partial charge in [-0.2, -0.15) is 4.80 Å². The van der Waals surface area contributed by atoms with Crippen molar-refractivity contribution in [1.29, 1.82) is 0 Å². The van der Waals surface area contributed by atoms with Gasteiger partial charge in [0.1, 0.15) is 18.2 Å². The first kappa shape index (κ1) is 21.6. The molecule has 2 aromatic rings. The number of piperidine rings is 1. The minimum Gasteiger partial charge on any atom is -0.315 e. The zero-order valence-electron chi connectivity index (χ0n) is 16.3. The van der Waals surface area contributed by atoms with Crippen molar-refractivity contribution in [1.82, 2.24) is 30.5 Å². The number of aldehydes is 1. The topological polar surface area (TPSA) is 85.6 Å². The highest BCUT2D eigenvalue weighted by atomic mass is 19.1. The lowest BCUT2D eigenvalue weighted by Gasteiger charge is -2.20. The number of carbonyl (C=O) groups excluding carboxylic acids is 1. The summed E-state index contributed by atoms with van der Waals surface area (Å²) in [4.78, 5) is 15.8. The van der Waals surface area contributed by atoms with Crippen LogP contribution in [-0.4, -0.2) is 50.7 Å². The summed E-state index contributed by atoms with van der Waals surface area (Å²) in [5, 5.41) is 15.9. The summed E-state index contributed by atoms with van der Waals surface area (Å²) in [6.07, 6.45) is 9.66. The summed E-state index contributed by atoms with van der Waals surface area (Å²) in [6, 6.07) is 6.00. The van der Waals surface area contributed by atoms with Crippen LogP contribution in [0.3, 0.4) is 0 Å². The molecule has 8 heteroatoms. The standard InChI is InChI=1S/C11H14N6.C9H13FO/c1-2-7-13-10(5-1)11-14-16-17(15-11)9-4-3-6-12-8-9;1-3-5-9(10)8(2)6-4-7-11/h1-2,5,7,9,12H,3-4,6,8H2;3-9H,1-2H3/b;5-3-,6-4+/t9-;/m0./s1. The number of hydrogen-bond donors (Lipinski definition) is 1. The number of rotatable bonds is 6. The van der Waals surface area contributed by atoms with Crippen LogP contribution in [0, 0.1) is 5.92 Å². The Balaban J connectivity index is 0.000000224. The summed E-state index contributed by atoms with van der Waals surface area (Å²) >= 11 is 0. The van der Waals surface area contributed by atoms with Crippen molar-refractivity contribution < 1.29 is 9.18 Å². The average Bonchev–Trinajstić information content (AvgIpc) is 3.24. The molecule has 1 aliphatic heterocycles. The predicted molar refractivity (Wildman–Crippen MR) is 106 cm³/mol. The number of tetrazole rings is 1. The van der Waals surface area contributed by atoms with E-state index in [1.165, 1.54) is 12.2 Å². The Hall–Kier alpha value is -2.74. The van der Waals surface area contributed by atoms with Gasteiger partial charge in [0.25, 0.3) is 0 Å². The van der Waals surface area contributed by atoms with Crippen LogP contribution >= 0.6 is 0 Å². The predicted octanol–water partition coefficient (Wildman–Crippen LogP) is 2.95. The van der Waals surface area contributed by atoms with Gasteiger partial charge >= 0.3 is 0 Å². The second-order valence-electron chi connectivity index (χ2n) is 6.50. The van der Waals surface area contributed by atoms with E-state index in [1.807, 2.05) is 18.2 Å². The molecular weight excluding hydrogens is 359 g/mol. The van der Waals surface area contributed by atoms with Crippen molar-refractivity contribution in [3.8, 4) is 11.5 Å². The number of alkyl halides is 1. The van der Waals surface area contributed by atoms with Crippen molar-refractivity contribution in [2.75, 3.05) is 13.1 Å². The molecule has 0 saturated carbocycles. The Morgan fingerprint density at radius 1 is 1.36 bits per heavy atom. The SMILES string of the molecule is C/C=C\C(F)C(C)/C=C/C=O.c1ccc(-c2nnn([C@H]3CCCNC3)n2)nc1. The van der Waals surface area contributed by atoms with Crippen LogP contribution in [-0.2, 0) is 4.79 Å². The molecule has 0 spiro atoms. The van der Waals surface area contributed by atoms with Gasteiger partial charge < -0.3 is 5.32 Å². The maximum Gasteiger partial charge on any atom is 0.223 e. The highest BCUT2D eigenvalue weighted by molar-refractivity contribution is 5.64. The Morgan fingerprint density at radius 2 is 2.21 bits per heavy atom. The quantitative estimate of drug-likeness (QED) is 0.467. The van der Waals surface area contributed by atoms with Gasteiger partial charge in [-0.05, 0) is 49.7 Å². The van der Waals surface area contributed by atoms with Crippen LogP contribution in [0.25, 0.3) is 11.5 Å². The fraction of sp³-hybridized carbons (Fsp3) is 0.450. The average molecular weight is 386 g/mol. The molecule has 3 heterocycles. The van der Waals surface area contributed by atoms with Crippen molar-refractivity contribution >= 4 is 6.29 Å². The monoisotopic (exact) mass is 386 g/mol. The number of nitrogens with zero attached hydrogens (tertiary/aromatic N) is 5. The number of aromatic nitrogens is 5. The maximum absolute atomic E-state index is 12.9. The number of allylic oxidation sites excluding steroid dienone is 4. The summed E-state index contributed by atoms with van der Waals surface area (Å²) in [5.41, 5.74) is 0.766. The van der Waals surface area contributed by atoms with Gasteiger partial charge in [0.15, 0.2) is 0 Å². The van der Waals surface area contributed by atoms with E-state index in [-0.39, 0.29) is 5.92 Å². The van der Waals surface area contributed by atoms with E-state index in [4.69, 9.17) is 0 Å². The molecule has 28 heavy (non-hydrogen) atoms. The zero-order valence-corrected chi connectivity index (χ0v) is 16.3. The molecule has 7 nitrogen and oxygen atoms in total. The molecule has 1 saturated heterocycles. The summed E-state index contributed by atoms with van der Waals surface area (Å²) < 4.78 is 12.9. The van der Waals surface area contributed by atoms with Crippen molar-refractivity contribution in [2.45, 2.75) is 38.9 Å². The third kappa shape index (κ3) is 6.77. The molecule has 1 aliphatic rings. The Kier molecular flexibility index (Phi) is 9.14. The molecule has 2 aromatic heterocycles. The van der Waals surface area contributed by atoms with E-state index in [2.05, 4.69) is 25.7 Å². The molecule has 0 amide bonds. The number of halogens is 1. The van der Waals surface area contributed by atoms with Crippen LogP contribution in [0.1, 0.15) is 32.7 Å². The lowest BCUT2D eigenvalue weighted by molar-refractivity contribution is -0.104. The maximum atomic E-state index is 12.9. The highest BCUT2D eigenvalue weighted by Gasteiger charge is 2.18. The smallest absolute Gasteiger partial charge is 0.223 e. The Bertz CT molecular complexity index is 755. The van der Waals surface area contributed by atoms with Gasteiger partial charge in [0, 0.05) is 18.7 Å². The fourth-order valence-electron chi connectivity index (χ4n) is 2.69. The first-order valence-electron chi connectivity index (χ1n) is 9.46. The molecule has 3 rings (SSSR count). The minimum absolute atomic E-state index is 0.226. The van der Waals surface area contributed by atoms with Crippen molar-refractivity contribution in [2.24, 2.45) is 5.92 Å². The van der Waals surface area contributed by atoms with E-state index < -0.39 is 6.17 Å². The molecule has 0 aromatic carbocycles. The third-order valence-corrected chi connectivity index (χ3v) is 4.29. The molecular formula is C20H27FN6O. The van der Waals surface area contributed by atoms with Crippen LogP contribution in [0.15, 0.2) is 48.7 Å². The number of pyridine rings is 1. The van der Waals surface area contributed by atoms with Crippen molar-refractivity contribution in [3.63, 3.8) is 0 Å². The van der Waals surface area contributed by atoms with Crippen LogP contribution in [0.2, 0.25) is 0 Å². The molecule has 0 radical (unpaired) electrons. The molecule has 2 unspecified atom stereocenters. The Morgan fingerprint density at radius 3 is 2.86 bits per heavy atom. The second kappa shape index (κ2) is 11.9. The van der Waals surface area contributed by atoms with E-state index >= 15 is 0 Å². The number of nitrogens with one attached hydrogen (secondary N) is 1. The third-order valence-electron chi connectivity index (χ3n) is 4.29. The normalized spacial score (nSPS) is 19.2. The first-order chi connectivity index (χ1) is 13.7. The first-order valence-corrected chi connectivity index (χ1v) is 9.46. The van der Waals surface area contributed by atoms with Gasteiger partial charge in [-0.1, -0.05) is 31.2 Å². The number of hydrogen-bond acceptors (Lipinski definition) is 6. The van der Waals surface area contributed by atoms with E-state index in [9.17, 15) is 9.18 Å². The lowest BCUT2D eigenvalue weighted by Crippen LogP contribution is -2.32. The van der Waals surface area contributed by atoms with E-state index in [1.54, 1.807) is 37.0 Å². The minimum atomic E-state index is -0.990. The molecule has 150 valence electrons. The van der Waals surface area contributed by atoms with Gasteiger partial charge in [-0.3, -0.25) is 9.78 Å². The lowest BCUT2D eigenvalue weighted by atomic mass is 10.1. The van der Waals surface area contributed by atoms with Crippen LogP contribution in [0.5, 0.6) is 0 Å². The molecule has 0 bridgehead atoms. The fourth-order valence-corrected chi connectivity index (χ4v) is 2.69. The zero-order chi connectivity index (χ0) is 20.2. The number of carbonyl (C=O) groups is 1. The van der Waals surface area contributed by atoms with E-state index in [0.717, 1.165) is 31.6 Å². The van der Waals surface area contributed by atoms with E-state index in [0.29, 0.717) is 18.2 Å². The summed E-state index contributed by atoms with van der Waals surface area (Å²) in [5.74, 6) is 0.368. The molecule has 3 atom stereocenters. The second-order valence-corrected chi connectivity index (χ2v) is 6.50. The van der Waals surface area contributed by atoms with Crippen LogP contribution in [0.4, 0.5) is 4.39 Å². The van der Waals surface area contributed by atoms with Crippen LogP contribution < -0.4 is 5.32 Å². The van der Waals surface area contributed by atoms with Gasteiger partial charge in [0.05, 0.1) is 6.04 Å². The summed E-state index contributed by atoms with van der Waals surface area (Å²) in [7, 11) is 0. The molecule has 0 aliphatic carbocycles. The van der Waals surface area contributed by atoms with Gasteiger partial charge in [-0.25, -0.2) is 4.39 Å². The van der Waals surface area contributed by atoms with Crippen molar-refractivity contribution in [3.05, 3.63) is 48.7 Å². The molecule has 1 fully saturated rings. The molecule has 1 N–H and O–H groups in total. The Labute approximate surface area is 164 Å². The van der Waals surface area contributed by atoms with Gasteiger partial charge in [-0.15, -0.1) is 10.2 Å². The van der Waals surface area contributed by atoms with Gasteiger partial charge in [0.2, 0.25) is 5.82 Å².